The van der Waals surface area contributed by atoms with E-state index < -0.39 is 26.7 Å². The van der Waals surface area contributed by atoms with Gasteiger partial charge in [0.15, 0.2) is 0 Å². The number of alkyl halides is 3. The molecule has 2 aliphatic rings. The zero-order valence-corrected chi connectivity index (χ0v) is 16.1. The molecule has 2 N–H and O–H groups in total. The van der Waals surface area contributed by atoms with Gasteiger partial charge in [-0.05, 0) is 44.6 Å². The van der Waals surface area contributed by atoms with Gasteiger partial charge in [0.25, 0.3) is 0 Å². The number of piperazine rings is 1. The second kappa shape index (κ2) is 7.57. The maximum Gasteiger partial charge on any atom is 0.417 e. The molecule has 0 radical (unpaired) electrons. The highest BCUT2D eigenvalue weighted by molar-refractivity contribution is 7.89. The van der Waals surface area contributed by atoms with Gasteiger partial charge in [-0.25, -0.2) is 13.6 Å². The van der Waals surface area contributed by atoms with Crippen LogP contribution in [0.15, 0.2) is 23.1 Å². The average molecular weight is 406 g/mol. The summed E-state index contributed by atoms with van der Waals surface area (Å²) in [6.45, 7) is 4.88. The second-order valence-corrected chi connectivity index (χ2v) is 8.83. The molecule has 10 heteroatoms. The molecule has 2 aliphatic heterocycles. The number of hydrogen-bond donors (Lipinski definition) is 1. The van der Waals surface area contributed by atoms with Crippen molar-refractivity contribution in [1.82, 2.24) is 9.80 Å². The molecule has 3 rings (SSSR count). The number of nitrogens with zero attached hydrogens (tertiary/aromatic N) is 3. The number of halogens is 3. The van der Waals surface area contributed by atoms with E-state index in [2.05, 4.69) is 16.8 Å². The molecular weight excluding hydrogens is 381 g/mol. The van der Waals surface area contributed by atoms with Crippen LogP contribution in [0, 0.1) is 0 Å². The van der Waals surface area contributed by atoms with Gasteiger partial charge < -0.3 is 9.80 Å². The molecule has 2 heterocycles. The zero-order chi connectivity index (χ0) is 19.8. The summed E-state index contributed by atoms with van der Waals surface area (Å²) in [4.78, 5) is 5.69. The third-order valence-electron chi connectivity index (χ3n) is 5.37. The minimum Gasteiger partial charge on any atom is -0.369 e. The maximum atomic E-state index is 13.3. The quantitative estimate of drug-likeness (QED) is 0.825. The molecule has 6 nitrogen and oxygen atoms in total. The van der Waals surface area contributed by atoms with E-state index in [-0.39, 0.29) is 0 Å². The monoisotopic (exact) mass is 406 g/mol. The standard InChI is InChI=1S/C17H25F3N4O2S/c1-22-6-2-3-14(12-22)24-9-7-23(8-10-24)13-4-5-16(27(21,25)26)15(11-13)17(18,19)20/h4-5,11,14H,2-3,6-10,12H2,1H3,(H2,21,25,26). The summed E-state index contributed by atoms with van der Waals surface area (Å²) >= 11 is 0. The topological polar surface area (TPSA) is 69.9 Å². The molecule has 0 aliphatic carbocycles. The highest BCUT2D eigenvalue weighted by atomic mass is 32.2. The maximum absolute atomic E-state index is 13.3. The summed E-state index contributed by atoms with van der Waals surface area (Å²) in [5, 5.41) is 4.94. The Morgan fingerprint density at radius 3 is 2.33 bits per heavy atom. The van der Waals surface area contributed by atoms with Gasteiger partial charge in [-0.1, -0.05) is 0 Å². The van der Waals surface area contributed by atoms with E-state index in [4.69, 9.17) is 5.14 Å². The average Bonchev–Trinajstić information content (AvgIpc) is 2.60. The first-order valence-corrected chi connectivity index (χ1v) is 10.5. The van der Waals surface area contributed by atoms with Gasteiger partial charge in [0, 0.05) is 44.5 Å². The van der Waals surface area contributed by atoms with Crippen LogP contribution >= 0.6 is 0 Å². The summed E-state index contributed by atoms with van der Waals surface area (Å²) in [7, 11) is -2.34. The molecule has 0 saturated carbocycles. The van der Waals surface area contributed by atoms with Gasteiger partial charge in [0.1, 0.15) is 0 Å². The van der Waals surface area contributed by atoms with E-state index in [1.54, 1.807) is 0 Å². The Morgan fingerprint density at radius 2 is 1.78 bits per heavy atom. The van der Waals surface area contributed by atoms with Crippen LogP contribution in [0.5, 0.6) is 0 Å². The first kappa shape index (κ1) is 20.4. The molecule has 1 aromatic rings. The normalized spacial score (nSPS) is 23.6. The van der Waals surface area contributed by atoms with Crippen LogP contribution in [0.3, 0.4) is 0 Å². The summed E-state index contributed by atoms with van der Waals surface area (Å²) in [5.41, 5.74) is -0.839. The number of hydrogen-bond acceptors (Lipinski definition) is 5. The molecule has 152 valence electrons. The number of benzene rings is 1. The van der Waals surface area contributed by atoms with Gasteiger partial charge in [-0.15, -0.1) is 0 Å². The van der Waals surface area contributed by atoms with Crippen LogP contribution in [0.1, 0.15) is 18.4 Å². The van der Waals surface area contributed by atoms with Crippen LogP contribution in [0.2, 0.25) is 0 Å². The summed E-state index contributed by atoms with van der Waals surface area (Å²) in [5.74, 6) is 0. The van der Waals surface area contributed by atoms with E-state index in [1.165, 1.54) is 6.07 Å². The van der Waals surface area contributed by atoms with E-state index in [9.17, 15) is 21.6 Å². The lowest BCUT2D eigenvalue weighted by atomic mass is 10.0. The van der Waals surface area contributed by atoms with Gasteiger partial charge >= 0.3 is 6.18 Å². The molecular formula is C17H25F3N4O2S. The van der Waals surface area contributed by atoms with Crippen molar-refractivity contribution in [2.75, 3.05) is 51.2 Å². The van der Waals surface area contributed by atoms with Crippen molar-refractivity contribution in [3.05, 3.63) is 23.8 Å². The van der Waals surface area contributed by atoms with Crippen molar-refractivity contribution in [2.45, 2.75) is 30.0 Å². The molecule has 2 fully saturated rings. The van der Waals surface area contributed by atoms with Crippen molar-refractivity contribution in [1.29, 1.82) is 0 Å². The highest BCUT2D eigenvalue weighted by Crippen LogP contribution is 2.36. The summed E-state index contributed by atoms with van der Waals surface area (Å²) in [6, 6.07) is 3.74. The Labute approximate surface area is 157 Å². The van der Waals surface area contributed by atoms with E-state index in [1.807, 2.05) is 4.90 Å². The fourth-order valence-electron chi connectivity index (χ4n) is 3.97. The molecule has 0 amide bonds. The number of rotatable bonds is 3. The van der Waals surface area contributed by atoms with Crippen LogP contribution in [0.4, 0.5) is 18.9 Å². The van der Waals surface area contributed by atoms with Crippen LogP contribution in [0.25, 0.3) is 0 Å². The fraction of sp³-hybridized carbons (Fsp3) is 0.647. The molecule has 1 atom stereocenters. The van der Waals surface area contributed by atoms with Crippen LogP contribution < -0.4 is 10.0 Å². The van der Waals surface area contributed by atoms with Crippen molar-refractivity contribution < 1.29 is 21.6 Å². The largest absolute Gasteiger partial charge is 0.417 e. The number of likely N-dealkylation sites (tertiary alicyclic amines) is 1. The SMILES string of the molecule is CN1CCCC(N2CCN(c3ccc(S(N)(=O)=O)c(C(F)(F)F)c3)CC2)C1. The molecule has 0 bridgehead atoms. The van der Waals surface area contributed by atoms with Crippen molar-refractivity contribution in [3.8, 4) is 0 Å². The first-order chi connectivity index (χ1) is 12.6. The fourth-order valence-corrected chi connectivity index (χ4v) is 4.71. The van der Waals surface area contributed by atoms with Crippen LogP contribution in [-0.4, -0.2) is 70.6 Å². The van der Waals surface area contributed by atoms with E-state index in [0.717, 1.165) is 51.2 Å². The Bertz CT molecular complexity index is 777. The van der Waals surface area contributed by atoms with Crippen LogP contribution in [-0.2, 0) is 16.2 Å². The lowest BCUT2D eigenvalue weighted by Gasteiger charge is -2.43. The molecule has 27 heavy (non-hydrogen) atoms. The van der Waals surface area contributed by atoms with Crippen molar-refractivity contribution >= 4 is 15.7 Å². The van der Waals surface area contributed by atoms with Gasteiger partial charge in [-0.3, -0.25) is 4.90 Å². The first-order valence-electron chi connectivity index (χ1n) is 8.97. The second-order valence-electron chi connectivity index (χ2n) is 7.30. The lowest BCUT2D eigenvalue weighted by Crippen LogP contribution is -2.54. The third-order valence-corrected chi connectivity index (χ3v) is 6.34. The smallest absolute Gasteiger partial charge is 0.369 e. The minimum atomic E-state index is -4.79. The number of nitrogens with two attached hydrogens (primary N) is 1. The zero-order valence-electron chi connectivity index (χ0n) is 15.2. The Balaban J connectivity index is 1.74. The molecule has 2 saturated heterocycles. The Morgan fingerprint density at radius 1 is 1.11 bits per heavy atom. The highest BCUT2D eigenvalue weighted by Gasteiger charge is 2.37. The van der Waals surface area contributed by atoms with Gasteiger partial charge in [0.05, 0.1) is 10.5 Å². The molecule has 1 unspecified atom stereocenters. The predicted octanol–water partition coefficient (Wildman–Crippen LogP) is 1.57. The summed E-state index contributed by atoms with van der Waals surface area (Å²) < 4.78 is 62.9. The predicted molar refractivity (Wildman–Crippen MR) is 97.1 cm³/mol. The number of primary sulfonamides is 1. The Hall–Kier alpha value is -1.36. The minimum absolute atomic E-state index is 0.370. The molecule has 1 aromatic carbocycles. The van der Waals surface area contributed by atoms with Gasteiger partial charge in [-0.2, -0.15) is 13.2 Å². The van der Waals surface area contributed by atoms with Crippen molar-refractivity contribution in [2.24, 2.45) is 5.14 Å². The molecule has 0 aromatic heterocycles. The lowest BCUT2D eigenvalue weighted by molar-refractivity contribution is -0.139. The van der Waals surface area contributed by atoms with E-state index >= 15 is 0 Å². The summed E-state index contributed by atoms with van der Waals surface area (Å²) in [6.07, 6.45) is -2.48. The number of anilines is 1. The van der Waals surface area contributed by atoms with E-state index in [0.29, 0.717) is 24.8 Å². The third kappa shape index (κ3) is 4.74. The Kier molecular flexibility index (Phi) is 5.72. The molecule has 0 spiro atoms. The van der Waals surface area contributed by atoms with Crippen molar-refractivity contribution in [3.63, 3.8) is 0 Å². The number of likely N-dealkylation sites (N-methyl/N-ethyl adjacent to an activating group) is 1. The number of piperidine rings is 1. The van der Waals surface area contributed by atoms with Gasteiger partial charge in [0.2, 0.25) is 10.0 Å². The number of sulfonamides is 1.